The average Bonchev–Trinajstić information content (AvgIpc) is 2.52. The van der Waals surface area contributed by atoms with E-state index in [1.165, 1.54) is 0 Å². The molecule has 76 valence electrons. The smallest absolute Gasteiger partial charge is 0.225 e. The number of carbonyl (C=O) groups is 1. The van der Waals surface area contributed by atoms with Crippen LogP contribution in [-0.2, 0) is 9.53 Å². The summed E-state index contributed by atoms with van der Waals surface area (Å²) in [6.45, 7) is 3.32. The molecule has 0 aliphatic carbocycles. The fraction of sp³-hybridized carbons (Fsp3) is 0.889. The summed E-state index contributed by atoms with van der Waals surface area (Å²) in [4.78, 5) is 11.5. The molecule has 0 spiro atoms. The Morgan fingerprint density at radius 3 is 3.00 bits per heavy atom. The molecule has 0 aromatic rings. The van der Waals surface area contributed by atoms with Gasteiger partial charge in [-0.25, -0.2) is 0 Å². The van der Waals surface area contributed by atoms with E-state index in [-0.39, 0.29) is 17.9 Å². The van der Waals surface area contributed by atoms with E-state index in [2.05, 4.69) is 5.32 Å². The predicted molar refractivity (Wildman–Crippen MR) is 51.9 cm³/mol. The third kappa shape index (κ3) is 3.16. The van der Waals surface area contributed by atoms with Crippen LogP contribution in [0.4, 0.5) is 0 Å². The van der Waals surface area contributed by atoms with Crippen LogP contribution >= 0.6 is 11.6 Å². The van der Waals surface area contributed by atoms with Crippen molar-refractivity contribution in [1.82, 2.24) is 5.32 Å². The Morgan fingerprint density at radius 2 is 2.46 bits per heavy atom. The van der Waals surface area contributed by atoms with E-state index in [4.69, 9.17) is 16.3 Å². The standard InChI is InChI=1S/C9H16ClNO2/c1-7-8(3-6-13-7)9(12)11-5-2-4-10/h7-8H,2-6H2,1H3,(H,11,12). The van der Waals surface area contributed by atoms with Crippen LogP contribution in [0.3, 0.4) is 0 Å². The summed E-state index contributed by atoms with van der Waals surface area (Å²) in [6.07, 6.45) is 1.74. The lowest BCUT2D eigenvalue weighted by atomic mass is 10.0. The molecule has 0 radical (unpaired) electrons. The number of carbonyl (C=O) groups excluding carboxylic acids is 1. The molecule has 1 heterocycles. The Morgan fingerprint density at radius 1 is 1.69 bits per heavy atom. The topological polar surface area (TPSA) is 38.3 Å². The maximum atomic E-state index is 11.5. The number of amides is 1. The van der Waals surface area contributed by atoms with Gasteiger partial charge < -0.3 is 10.1 Å². The second-order valence-electron chi connectivity index (χ2n) is 3.30. The van der Waals surface area contributed by atoms with Crippen molar-refractivity contribution in [3.8, 4) is 0 Å². The van der Waals surface area contributed by atoms with Gasteiger partial charge in [0.15, 0.2) is 0 Å². The van der Waals surface area contributed by atoms with Crippen LogP contribution in [0.2, 0.25) is 0 Å². The van der Waals surface area contributed by atoms with Crippen molar-refractivity contribution >= 4 is 17.5 Å². The second-order valence-corrected chi connectivity index (χ2v) is 3.68. The maximum Gasteiger partial charge on any atom is 0.225 e. The summed E-state index contributed by atoms with van der Waals surface area (Å²) in [6, 6.07) is 0. The molecule has 2 unspecified atom stereocenters. The molecule has 0 saturated carbocycles. The van der Waals surface area contributed by atoms with Crippen molar-refractivity contribution in [2.75, 3.05) is 19.0 Å². The molecule has 13 heavy (non-hydrogen) atoms. The van der Waals surface area contributed by atoms with E-state index in [1.807, 2.05) is 6.92 Å². The van der Waals surface area contributed by atoms with Gasteiger partial charge in [0, 0.05) is 19.0 Å². The lowest BCUT2D eigenvalue weighted by Gasteiger charge is -2.13. The lowest BCUT2D eigenvalue weighted by Crippen LogP contribution is -2.34. The third-order valence-electron chi connectivity index (χ3n) is 2.32. The Labute approximate surface area is 83.8 Å². The molecular formula is C9H16ClNO2. The first-order valence-electron chi connectivity index (χ1n) is 4.71. The number of rotatable bonds is 4. The number of nitrogens with one attached hydrogen (secondary N) is 1. The number of alkyl halides is 1. The molecule has 0 aromatic carbocycles. The van der Waals surface area contributed by atoms with Gasteiger partial charge in [0.05, 0.1) is 12.0 Å². The first kappa shape index (κ1) is 10.8. The van der Waals surface area contributed by atoms with E-state index in [9.17, 15) is 4.79 Å². The van der Waals surface area contributed by atoms with Crippen molar-refractivity contribution in [2.24, 2.45) is 5.92 Å². The molecule has 1 rings (SSSR count). The van der Waals surface area contributed by atoms with Gasteiger partial charge in [-0.2, -0.15) is 0 Å². The number of halogens is 1. The zero-order valence-corrected chi connectivity index (χ0v) is 8.64. The zero-order chi connectivity index (χ0) is 9.68. The molecule has 3 nitrogen and oxygen atoms in total. The van der Waals surface area contributed by atoms with Gasteiger partial charge in [-0.3, -0.25) is 4.79 Å². The van der Waals surface area contributed by atoms with E-state index in [0.717, 1.165) is 12.8 Å². The largest absolute Gasteiger partial charge is 0.378 e. The van der Waals surface area contributed by atoms with Crippen molar-refractivity contribution < 1.29 is 9.53 Å². The van der Waals surface area contributed by atoms with Crippen LogP contribution in [0.15, 0.2) is 0 Å². The van der Waals surface area contributed by atoms with Crippen molar-refractivity contribution in [1.29, 1.82) is 0 Å². The van der Waals surface area contributed by atoms with Crippen molar-refractivity contribution in [2.45, 2.75) is 25.9 Å². The molecule has 0 aromatic heterocycles. The third-order valence-corrected chi connectivity index (χ3v) is 2.59. The highest BCUT2D eigenvalue weighted by atomic mass is 35.5. The minimum Gasteiger partial charge on any atom is -0.378 e. The van der Waals surface area contributed by atoms with Gasteiger partial charge in [-0.05, 0) is 19.8 Å². The Bertz CT molecular complexity index is 175. The van der Waals surface area contributed by atoms with Gasteiger partial charge in [0.1, 0.15) is 0 Å². The monoisotopic (exact) mass is 205 g/mol. The van der Waals surface area contributed by atoms with Crippen LogP contribution in [-0.4, -0.2) is 31.0 Å². The summed E-state index contributed by atoms with van der Waals surface area (Å²) in [7, 11) is 0. The molecule has 4 heteroatoms. The van der Waals surface area contributed by atoms with Crippen molar-refractivity contribution in [3.05, 3.63) is 0 Å². The van der Waals surface area contributed by atoms with Gasteiger partial charge in [-0.15, -0.1) is 11.6 Å². The summed E-state index contributed by atoms with van der Waals surface area (Å²) in [5, 5.41) is 2.85. The quantitative estimate of drug-likeness (QED) is 0.553. The summed E-state index contributed by atoms with van der Waals surface area (Å²) < 4.78 is 5.31. The lowest BCUT2D eigenvalue weighted by molar-refractivity contribution is -0.126. The normalized spacial score (nSPS) is 27.5. The van der Waals surface area contributed by atoms with Gasteiger partial charge >= 0.3 is 0 Å². The number of hydrogen-bond donors (Lipinski definition) is 1. The second kappa shape index (κ2) is 5.45. The van der Waals surface area contributed by atoms with Crippen LogP contribution in [0.5, 0.6) is 0 Å². The van der Waals surface area contributed by atoms with E-state index in [0.29, 0.717) is 19.0 Å². The van der Waals surface area contributed by atoms with Gasteiger partial charge in [0.2, 0.25) is 5.91 Å². The molecule has 2 atom stereocenters. The molecule has 1 N–H and O–H groups in total. The van der Waals surface area contributed by atoms with Gasteiger partial charge in [-0.1, -0.05) is 0 Å². The molecule has 1 aliphatic rings. The molecule has 1 amide bonds. The first-order valence-corrected chi connectivity index (χ1v) is 5.24. The maximum absolute atomic E-state index is 11.5. The fourth-order valence-electron chi connectivity index (χ4n) is 1.49. The number of ether oxygens (including phenoxy) is 1. The zero-order valence-electron chi connectivity index (χ0n) is 7.88. The van der Waals surface area contributed by atoms with E-state index < -0.39 is 0 Å². The minimum absolute atomic E-state index is 0.0373. The van der Waals surface area contributed by atoms with Crippen LogP contribution in [0, 0.1) is 5.92 Å². The highest BCUT2D eigenvalue weighted by Gasteiger charge is 2.30. The molecule has 0 bridgehead atoms. The summed E-state index contributed by atoms with van der Waals surface area (Å²) >= 11 is 5.50. The molecular weight excluding hydrogens is 190 g/mol. The summed E-state index contributed by atoms with van der Waals surface area (Å²) in [5.74, 6) is 0.738. The highest BCUT2D eigenvalue weighted by Crippen LogP contribution is 2.20. The van der Waals surface area contributed by atoms with E-state index >= 15 is 0 Å². The fourth-order valence-corrected chi connectivity index (χ4v) is 1.62. The molecule has 1 fully saturated rings. The van der Waals surface area contributed by atoms with E-state index in [1.54, 1.807) is 0 Å². The first-order chi connectivity index (χ1) is 6.25. The van der Waals surface area contributed by atoms with Crippen LogP contribution in [0.25, 0.3) is 0 Å². The SMILES string of the molecule is CC1OCCC1C(=O)NCCCCl. The number of hydrogen-bond acceptors (Lipinski definition) is 2. The minimum atomic E-state index is 0.0373. The Kier molecular flexibility index (Phi) is 4.53. The summed E-state index contributed by atoms with van der Waals surface area (Å²) in [5.41, 5.74) is 0. The highest BCUT2D eigenvalue weighted by molar-refractivity contribution is 6.17. The molecule has 1 aliphatic heterocycles. The van der Waals surface area contributed by atoms with Crippen LogP contribution in [0.1, 0.15) is 19.8 Å². The van der Waals surface area contributed by atoms with Crippen LogP contribution < -0.4 is 5.32 Å². The molecule has 1 saturated heterocycles. The average molecular weight is 206 g/mol. The van der Waals surface area contributed by atoms with Crippen molar-refractivity contribution in [3.63, 3.8) is 0 Å². The predicted octanol–water partition coefficient (Wildman–Crippen LogP) is 1.16. The van der Waals surface area contributed by atoms with Gasteiger partial charge in [0.25, 0.3) is 0 Å². The Hall–Kier alpha value is -0.280. The Balaban J connectivity index is 2.22.